The van der Waals surface area contributed by atoms with Crippen molar-refractivity contribution < 1.29 is 14.3 Å². The summed E-state index contributed by atoms with van der Waals surface area (Å²) in [5.74, 6) is -1.30. The Kier molecular flexibility index (Phi) is 5.53. The van der Waals surface area contributed by atoms with Gasteiger partial charge < -0.3 is 10.1 Å². The molecule has 0 fully saturated rings. The monoisotopic (exact) mass is 323 g/mol. The smallest absolute Gasteiger partial charge is 0.332 e. The lowest BCUT2D eigenvalue weighted by atomic mass is 9.80. The second-order valence-corrected chi connectivity index (χ2v) is 5.64. The molecule has 1 amide bonds. The highest BCUT2D eigenvalue weighted by atomic mass is 16.5. The fraction of sp³-hybridized carbons (Fsp3) is 0.200. The van der Waals surface area contributed by atoms with Gasteiger partial charge in [0.25, 0.3) is 5.91 Å². The van der Waals surface area contributed by atoms with E-state index in [9.17, 15) is 9.59 Å². The van der Waals surface area contributed by atoms with Crippen LogP contribution < -0.4 is 5.32 Å². The molecule has 0 saturated carbocycles. The number of rotatable bonds is 6. The van der Waals surface area contributed by atoms with E-state index in [1.165, 1.54) is 7.11 Å². The second kappa shape index (κ2) is 7.59. The first-order valence-electron chi connectivity index (χ1n) is 7.66. The maximum Gasteiger partial charge on any atom is 0.332 e. The van der Waals surface area contributed by atoms with Gasteiger partial charge in [0.2, 0.25) is 0 Å². The molecule has 0 aliphatic rings. The van der Waals surface area contributed by atoms with Crippen LogP contribution in [0.15, 0.2) is 73.3 Å². The van der Waals surface area contributed by atoms with Gasteiger partial charge in [0.15, 0.2) is 0 Å². The molecule has 24 heavy (non-hydrogen) atoms. The molecule has 2 rings (SSSR count). The first-order chi connectivity index (χ1) is 11.5. The van der Waals surface area contributed by atoms with E-state index < -0.39 is 17.4 Å². The van der Waals surface area contributed by atoms with Crippen molar-refractivity contribution in [2.75, 3.05) is 7.11 Å². The van der Waals surface area contributed by atoms with Gasteiger partial charge in [0.1, 0.15) is 5.54 Å². The molecule has 2 aromatic carbocycles. The molecule has 124 valence electrons. The van der Waals surface area contributed by atoms with Crippen molar-refractivity contribution in [3.63, 3.8) is 0 Å². The summed E-state index contributed by atoms with van der Waals surface area (Å²) in [7, 11) is 1.31. The van der Waals surface area contributed by atoms with E-state index in [-0.39, 0.29) is 5.91 Å². The number of hydrogen-bond acceptors (Lipinski definition) is 3. The number of esters is 1. The topological polar surface area (TPSA) is 55.4 Å². The molecule has 0 bridgehead atoms. The van der Waals surface area contributed by atoms with Crippen molar-refractivity contribution in [3.05, 3.63) is 84.4 Å². The zero-order valence-corrected chi connectivity index (χ0v) is 13.9. The Bertz CT molecular complexity index is 712. The number of carbonyl (C=O) groups is 2. The summed E-state index contributed by atoms with van der Waals surface area (Å²) in [5.41, 5.74) is 0.0717. The minimum Gasteiger partial charge on any atom is -0.467 e. The largest absolute Gasteiger partial charge is 0.467 e. The zero-order chi connectivity index (χ0) is 17.6. The molecular formula is C20H21NO3. The summed E-state index contributed by atoms with van der Waals surface area (Å²) in [5, 5.41) is 2.83. The van der Waals surface area contributed by atoms with Crippen LogP contribution >= 0.6 is 0 Å². The van der Waals surface area contributed by atoms with E-state index >= 15 is 0 Å². The van der Waals surface area contributed by atoms with Crippen molar-refractivity contribution in [1.29, 1.82) is 0 Å². The molecule has 0 aliphatic carbocycles. The van der Waals surface area contributed by atoms with Crippen molar-refractivity contribution in [1.82, 2.24) is 5.32 Å². The lowest BCUT2D eigenvalue weighted by Crippen LogP contribution is -2.56. The molecule has 0 aromatic heterocycles. The number of benzene rings is 2. The maximum absolute atomic E-state index is 12.6. The molecule has 0 spiro atoms. The van der Waals surface area contributed by atoms with E-state index in [2.05, 4.69) is 11.9 Å². The molecular weight excluding hydrogens is 302 g/mol. The van der Waals surface area contributed by atoms with Crippen LogP contribution in [0.1, 0.15) is 28.8 Å². The van der Waals surface area contributed by atoms with Crippen LogP contribution in [0.3, 0.4) is 0 Å². The van der Waals surface area contributed by atoms with Crippen LogP contribution in [0.5, 0.6) is 0 Å². The number of amides is 1. The summed E-state index contributed by atoms with van der Waals surface area (Å²) in [4.78, 5) is 25.1. The molecule has 2 aromatic rings. The Hall–Kier alpha value is -2.88. The first-order valence-corrected chi connectivity index (χ1v) is 7.66. The van der Waals surface area contributed by atoms with Gasteiger partial charge >= 0.3 is 5.97 Å². The van der Waals surface area contributed by atoms with Crippen LogP contribution in [-0.2, 0) is 9.53 Å². The zero-order valence-electron chi connectivity index (χ0n) is 13.9. The molecule has 0 radical (unpaired) electrons. The predicted octanol–water partition coefficient (Wildman–Crippen LogP) is 3.32. The lowest BCUT2D eigenvalue weighted by Gasteiger charge is -2.34. The van der Waals surface area contributed by atoms with Crippen LogP contribution in [0, 0.1) is 0 Å². The Balaban J connectivity index is 2.40. The summed E-state index contributed by atoms with van der Waals surface area (Å²) >= 11 is 0. The number of nitrogens with one attached hydrogen (secondary N) is 1. The number of ether oxygens (including phenoxy) is 1. The number of carbonyl (C=O) groups excluding carboxylic acids is 2. The maximum atomic E-state index is 12.6. The summed E-state index contributed by atoms with van der Waals surface area (Å²) in [6.45, 7) is 5.49. The molecule has 0 aliphatic heterocycles. The third-order valence-electron chi connectivity index (χ3n) is 4.04. The average molecular weight is 323 g/mol. The van der Waals surface area contributed by atoms with Gasteiger partial charge in [-0.1, -0.05) is 54.6 Å². The highest BCUT2D eigenvalue weighted by Gasteiger charge is 2.43. The van der Waals surface area contributed by atoms with E-state index in [0.717, 1.165) is 5.56 Å². The minimum absolute atomic E-state index is 0.341. The third kappa shape index (κ3) is 3.54. The fourth-order valence-corrected chi connectivity index (χ4v) is 2.73. The normalized spacial score (nSPS) is 14.1. The molecule has 0 unspecified atom stereocenters. The van der Waals surface area contributed by atoms with Crippen LogP contribution in [0.25, 0.3) is 0 Å². The standard InChI is InChI=1S/C20H21NO3/c1-4-17(15-11-7-5-8-12-15)20(2,19(23)24-3)21-18(22)16-13-9-6-10-14-16/h4-14,17H,1H2,2-3H3,(H,21,22)/t17-,20-/m1/s1. The predicted molar refractivity (Wildman–Crippen MR) is 93.7 cm³/mol. The SMILES string of the molecule is C=C[C@H](c1ccccc1)[C@@](C)(NC(=O)c1ccccc1)C(=O)OC. The molecule has 4 heteroatoms. The number of hydrogen-bond donors (Lipinski definition) is 1. The van der Waals surface area contributed by atoms with Crippen LogP contribution in [0.2, 0.25) is 0 Å². The summed E-state index contributed by atoms with van der Waals surface area (Å²) in [6, 6.07) is 18.2. The molecule has 1 N–H and O–H groups in total. The Morgan fingerprint density at radius 1 is 1.08 bits per heavy atom. The van der Waals surface area contributed by atoms with Crippen molar-refractivity contribution in [3.8, 4) is 0 Å². The highest BCUT2D eigenvalue weighted by Crippen LogP contribution is 2.31. The summed E-state index contributed by atoms with van der Waals surface area (Å²) < 4.78 is 4.95. The highest BCUT2D eigenvalue weighted by molar-refractivity contribution is 5.98. The van der Waals surface area contributed by atoms with Gasteiger partial charge in [-0.15, -0.1) is 6.58 Å². The fourth-order valence-electron chi connectivity index (χ4n) is 2.73. The van der Waals surface area contributed by atoms with Gasteiger partial charge in [-0.25, -0.2) is 4.79 Å². The third-order valence-corrected chi connectivity index (χ3v) is 4.04. The lowest BCUT2D eigenvalue weighted by molar-refractivity contribution is -0.148. The number of methoxy groups -OCH3 is 1. The van der Waals surface area contributed by atoms with Crippen LogP contribution in [0.4, 0.5) is 0 Å². The Morgan fingerprint density at radius 3 is 2.12 bits per heavy atom. The van der Waals surface area contributed by atoms with E-state index in [4.69, 9.17) is 4.74 Å². The average Bonchev–Trinajstić information content (AvgIpc) is 2.63. The minimum atomic E-state index is -1.27. The van der Waals surface area contributed by atoms with Gasteiger partial charge in [0.05, 0.1) is 7.11 Å². The van der Waals surface area contributed by atoms with E-state index in [1.807, 2.05) is 36.4 Å². The first kappa shape index (κ1) is 17.5. The molecule has 0 heterocycles. The van der Waals surface area contributed by atoms with E-state index in [0.29, 0.717) is 5.56 Å². The van der Waals surface area contributed by atoms with Gasteiger partial charge in [0, 0.05) is 11.5 Å². The molecule has 2 atom stereocenters. The van der Waals surface area contributed by atoms with E-state index in [1.54, 1.807) is 37.3 Å². The Morgan fingerprint density at radius 2 is 1.62 bits per heavy atom. The quantitative estimate of drug-likeness (QED) is 0.655. The van der Waals surface area contributed by atoms with Crippen molar-refractivity contribution >= 4 is 11.9 Å². The van der Waals surface area contributed by atoms with Gasteiger partial charge in [-0.2, -0.15) is 0 Å². The van der Waals surface area contributed by atoms with Gasteiger partial charge in [-0.05, 0) is 24.6 Å². The van der Waals surface area contributed by atoms with Crippen molar-refractivity contribution in [2.45, 2.75) is 18.4 Å². The molecule has 0 saturated heterocycles. The van der Waals surface area contributed by atoms with Crippen LogP contribution in [-0.4, -0.2) is 24.5 Å². The van der Waals surface area contributed by atoms with Crippen molar-refractivity contribution in [2.24, 2.45) is 0 Å². The summed E-state index contributed by atoms with van der Waals surface area (Å²) in [6.07, 6.45) is 1.65. The Labute approximate surface area is 142 Å². The molecule has 4 nitrogen and oxygen atoms in total. The second-order valence-electron chi connectivity index (χ2n) is 5.64. The van der Waals surface area contributed by atoms with Gasteiger partial charge in [-0.3, -0.25) is 4.79 Å².